The fourth-order valence-electron chi connectivity index (χ4n) is 1.25. The van der Waals surface area contributed by atoms with Crippen LogP contribution in [0.5, 0.6) is 5.75 Å². The largest absolute Gasteiger partial charge is 0.491 e. The van der Waals surface area contributed by atoms with Crippen molar-refractivity contribution in [2.45, 2.75) is 11.8 Å². The number of sulfonamides is 1. The van der Waals surface area contributed by atoms with Gasteiger partial charge in [-0.1, -0.05) is 6.92 Å². The molecule has 1 rings (SSSR count). The Kier molecular flexibility index (Phi) is 4.88. The number of hydrogen-bond acceptors (Lipinski definition) is 5. The van der Waals surface area contributed by atoms with Crippen LogP contribution in [-0.2, 0) is 19.9 Å². The Bertz CT molecular complexity index is 654. The molecule has 0 aliphatic heterocycles. The van der Waals surface area contributed by atoms with E-state index < -0.39 is 30.6 Å². The maximum absolute atomic E-state index is 13.0. The summed E-state index contributed by atoms with van der Waals surface area (Å²) >= 11 is 0. The summed E-state index contributed by atoms with van der Waals surface area (Å²) in [7, 11) is -7.37. The first-order valence-electron chi connectivity index (χ1n) is 5.31. The van der Waals surface area contributed by atoms with E-state index in [0.717, 1.165) is 18.2 Å². The summed E-state index contributed by atoms with van der Waals surface area (Å²) in [6, 6.07) is 2.81. The van der Waals surface area contributed by atoms with E-state index in [1.807, 2.05) is 0 Å². The molecule has 0 aliphatic rings. The number of rotatable bonds is 6. The smallest absolute Gasteiger partial charge is 0.241 e. The molecule has 0 saturated heterocycles. The van der Waals surface area contributed by atoms with Crippen molar-refractivity contribution in [1.29, 1.82) is 0 Å². The van der Waals surface area contributed by atoms with Crippen LogP contribution in [0.3, 0.4) is 0 Å². The van der Waals surface area contributed by atoms with Gasteiger partial charge in [-0.15, -0.1) is 0 Å². The summed E-state index contributed by atoms with van der Waals surface area (Å²) in [5, 5.41) is 4.92. The fraction of sp³-hybridized carbons (Fsp3) is 0.400. The Morgan fingerprint density at radius 3 is 2.42 bits per heavy atom. The molecular formula is C10H14FNO5S2. The van der Waals surface area contributed by atoms with E-state index in [4.69, 9.17) is 9.88 Å². The lowest BCUT2D eigenvalue weighted by molar-refractivity contribution is 0.331. The molecule has 1 aromatic rings. The standard InChI is InChI=1S/C10H14FNO5S2/c1-2-18(13,14)6-5-17-9-4-3-8(11)7-10(9)19(12,15)16/h3-4,7H,2,5-6H2,1H3,(H2,12,15,16). The second-order valence-corrected chi connectivity index (χ2v) is 7.72. The SMILES string of the molecule is CCS(=O)(=O)CCOc1ccc(F)cc1S(N)(=O)=O. The molecule has 0 aromatic heterocycles. The topological polar surface area (TPSA) is 104 Å². The molecule has 9 heteroatoms. The Morgan fingerprint density at radius 1 is 1.26 bits per heavy atom. The molecule has 0 fully saturated rings. The normalized spacial score (nSPS) is 12.4. The molecule has 0 aliphatic carbocycles. The maximum atomic E-state index is 13.0. The van der Waals surface area contributed by atoms with Crippen molar-refractivity contribution in [3.8, 4) is 5.75 Å². The number of nitrogens with two attached hydrogens (primary N) is 1. The van der Waals surface area contributed by atoms with Gasteiger partial charge in [-0.25, -0.2) is 26.4 Å². The second-order valence-electron chi connectivity index (χ2n) is 3.72. The summed E-state index contributed by atoms with van der Waals surface area (Å²) in [4.78, 5) is -0.513. The first kappa shape index (κ1) is 15.9. The first-order valence-corrected chi connectivity index (χ1v) is 8.68. The van der Waals surface area contributed by atoms with Crippen molar-refractivity contribution in [1.82, 2.24) is 0 Å². The molecule has 0 saturated carbocycles. The zero-order valence-electron chi connectivity index (χ0n) is 10.2. The fourth-order valence-corrected chi connectivity index (χ4v) is 2.56. The Hall–Kier alpha value is -1.19. The lowest BCUT2D eigenvalue weighted by Gasteiger charge is -2.10. The van der Waals surface area contributed by atoms with Gasteiger partial charge in [0, 0.05) is 5.75 Å². The van der Waals surface area contributed by atoms with Crippen molar-refractivity contribution in [3.05, 3.63) is 24.0 Å². The molecule has 0 atom stereocenters. The highest BCUT2D eigenvalue weighted by Crippen LogP contribution is 2.23. The van der Waals surface area contributed by atoms with Gasteiger partial charge >= 0.3 is 0 Å². The summed E-state index contributed by atoms with van der Waals surface area (Å²) in [5.74, 6) is -1.25. The summed E-state index contributed by atoms with van der Waals surface area (Å²) < 4.78 is 63.0. The van der Waals surface area contributed by atoms with E-state index in [9.17, 15) is 21.2 Å². The Labute approximate surface area is 111 Å². The molecular weight excluding hydrogens is 297 g/mol. The third-order valence-corrected chi connectivity index (χ3v) is 4.90. The molecule has 0 bridgehead atoms. The minimum absolute atomic E-state index is 0.0399. The van der Waals surface area contributed by atoms with Gasteiger partial charge in [0.25, 0.3) is 0 Å². The molecule has 0 amide bonds. The number of hydrogen-bond donors (Lipinski definition) is 1. The maximum Gasteiger partial charge on any atom is 0.241 e. The van der Waals surface area contributed by atoms with Crippen LogP contribution >= 0.6 is 0 Å². The lowest BCUT2D eigenvalue weighted by Crippen LogP contribution is -2.18. The number of benzene rings is 1. The minimum atomic E-state index is -4.14. The number of primary sulfonamides is 1. The van der Waals surface area contributed by atoms with Crippen molar-refractivity contribution >= 4 is 19.9 Å². The monoisotopic (exact) mass is 311 g/mol. The van der Waals surface area contributed by atoms with E-state index >= 15 is 0 Å². The average Bonchev–Trinajstić information content (AvgIpc) is 2.29. The second kappa shape index (κ2) is 5.85. The van der Waals surface area contributed by atoms with Crippen molar-refractivity contribution in [3.63, 3.8) is 0 Å². The molecule has 0 radical (unpaired) electrons. The zero-order chi connectivity index (χ0) is 14.7. The van der Waals surface area contributed by atoms with Crippen LogP contribution in [0.15, 0.2) is 23.1 Å². The van der Waals surface area contributed by atoms with Crippen LogP contribution in [0, 0.1) is 5.82 Å². The van der Waals surface area contributed by atoms with Gasteiger partial charge in [0.05, 0.1) is 5.75 Å². The molecule has 0 heterocycles. The van der Waals surface area contributed by atoms with Gasteiger partial charge in [-0.3, -0.25) is 0 Å². The third-order valence-electron chi connectivity index (χ3n) is 2.30. The van der Waals surface area contributed by atoms with E-state index in [0.29, 0.717) is 0 Å². The van der Waals surface area contributed by atoms with E-state index in [1.54, 1.807) is 0 Å². The third kappa shape index (κ3) is 4.77. The predicted octanol–water partition coefficient (Wildman–Crippen LogP) is 0.287. The van der Waals surface area contributed by atoms with E-state index in [-0.39, 0.29) is 23.9 Å². The van der Waals surface area contributed by atoms with Crippen molar-refractivity contribution < 1.29 is 26.0 Å². The van der Waals surface area contributed by atoms with Crippen LogP contribution in [0.4, 0.5) is 4.39 Å². The number of ether oxygens (including phenoxy) is 1. The van der Waals surface area contributed by atoms with Crippen LogP contribution in [0.25, 0.3) is 0 Å². The average molecular weight is 311 g/mol. The van der Waals surface area contributed by atoms with Gasteiger partial charge in [-0.2, -0.15) is 0 Å². The number of halogens is 1. The summed E-state index contributed by atoms with van der Waals surface area (Å²) in [5.41, 5.74) is 0. The predicted molar refractivity (Wildman–Crippen MR) is 67.6 cm³/mol. The summed E-state index contributed by atoms with van der Waals surface area (Å²) in [6.07, 6.45) is 0. The van der Waals surface area contributed by atoms with Crippen LogP contribution < -0.4 is 9.88 Å². The summed E-state index contributed by atoms with van der Waals surface area (Å²) in [6.45, 7) is 1.26. The molecule has 19 heavy (non-hydrogen) atoms. The van der Waals surface area contributed by atoms with Crippen LogP contribution in [0.1, 0.15) is 6.92 Å². The van der Waals surface area contributed by atoms with Gasteiger partial charge in [0.2, 0.25) is 10.0 Å². The Morgan fingerprint density at radius 2 is 1.89 bits per heavy atom. The zero-order valence-corrected chi connectivity index (χ0v) is 11.8. The molecule has 2 N–H and O–H groups in total. The molecule has 108 valence electrons. The van der Waals surface area contributed by atoms with E-state index in [2.05, 4.69) is 0 Å². The molecule has 6 nitrogen and oxygen atoms in total. The van der Waals surface area contributed by atoms with E-state index in [1.165, 1.54) is 6.92 Å². The first-order chi connectivity index (χ1) is 8.65. The Balaban J connectivity index is 2.91. The van der Waals surface area contributed by atoms with Crippen molar-refractivity contribution in [2.24, 2.45) is 5.14 Å². The molecule has 0 spiro atoms. The van der Waals surface area contributed by atoms with Gasteiger partial charge in [0.1, 0.15) is 23.1 Å². The molecule has 1 aromatic carbocycles. The highest BCUT2D eigenvalue weighted by Gasteiger charge is 2.17. The van der Waals surface area contributed by atoms with Gasteiger partial charge in [0.15, 0.2) is 9.84 Å². The lowest BCUT2D eigenvalue weighted by atomic mass is 10.3. The molecule has 0 unspecified atom stereocenters. The van der Waals surface area contributed by atoms with Crippen LogP contribution in [-0.4, -0.2) is 34.9 Å². The minimum Gasteiger partial charge on any atom is -0.491 e. The van der Waals surface area contributed by atoms with Gasteiger partial charge in [-0.05, 0) is 18.2 Å². The highest BCUT2D eigenvalue weighted by molar-refractivity contribution is 7.91. The number of sulfone groups is 1. The van der Waals surface area contributed by atoms with Crippen LogP contribution in [0.2, 0.25) is 0 Å². The quantitative estimate of drug-likeness (QED) is 0.813. The van der Waals surface area contributed by atoms with Gasteiger partial charge < -0.3 is 4.74 Å². The van der Waals surface area contributed by atoms with Crippen molar-refractivity contribution in [2.75, 3.05) is 18.1 Å². The highest BCUT2D eigenvalue weighted by atomic mass is 32.2.